The predicted octanol–water partition coefficient (Wildman–Crippen LogP) is 4.99. The molecular formula is C28H27N3O4. The van der Waals surface area contributed by atoms with Crippen LogP contribution in [0, 0.1) is 6.92 Å². The molecule has 0 saturated heterocycles. The van der Waals surface area contributed by atoms with E-state index in [2.05, 4.69) is 15.6 Å². The lowest BCUT2D eigenvalue weighted by Gasteiger charge is -2.36. The quantitative estimate of drug-likeness (QED) is 0.547. The van der Waals surface area contributed by atoms with Crippen LogP contribution in [0.4, 0.5) is 5.82 Å². The molecule has 0 saturated carbocycles. The van der Waals surface area contributed by atoms with Gasteiger partial charge < -0.3 is 19.8 Å². The molecule has 7 nitrogen and oxygen atoms in total. The highest BCUT2D eigenvalue weighted by Crippen LogP contribution is 2.45. The molecule has 3 heterocycles. The number of allylic oxidation sites excluding steroid dienone is 3. The summed E-state index contributed by atoms with van der Waals surface area (Å²) in [7, 11) is 1.61. The van der Waals surface area contributed by atoms with E-state index in [1.807, 2.05) is 56.3 Å². The summed E-state index contributed by atoms with van der Waals surface area (Å²) >= 11 is 0. The Labute approximate surface area is 203 Å². The maximum Gasteiger partial charge on any atom is 0.255 e. The normalized spacial score (nSPS) is 19.8. The third kappa shape index (κ3) is 4.37. The van der Waals surface area contributed by atoms with Crippen LogP contribution in [0.25, 0.3) is 0 Å². The van der Waals surface area contributed by atoms with Gasteiger partial charge in [0.1, 0.15) is 17.3 Å². The number of anilines is 1. The molecule has 0 unspecified atom stereocenters. The van der Waals surface area contributed by atoms with Crippen LogP contribution >= 0.6 is 0 Å². The lowest BCUT2D eigenvalue weighted by molar-refractivity contribution is -0.116. The zero-order valence-electron chi connectivity index (χ0n) is 19.9. The highest BCUT2D eigenvalue weighted by Gasteiger charge is 2.41. The zero-order valence-corrected chi connectivity index (χ0v) is 19.9. The summed E-state index contributed by atoms with van der Waals surface area (Å²) in [6.07, 6.45) is 4.29. The van der Waals surface area contributed by atoms with Gasteiger partial charge in [0.15, 0.2) is 5.78 Å². The van der Waals surface area contributed by atoms with Gasteiger partial charge in [-0.15, -0.1) is 0 Å². The molecule has 2 N–H and O–H groups in total. The van der Waals surface area contributed by atoms with Crippen LogP contribution < -0.4 is 15.4 Å². The SMILES string of the molecule is COc1ccc([C@H]2C(C(=O)Nc3ccc(C)cn3)=C(C)NC3=C2C(=O)C[C@@H](c2ccco2)C3)cc1. The van der Waals surface area contributed by atoms with Crippen molar-refractivity contribution in [3.05, 3.63) is 100 Å². The average Bonchev–Trinajstić information content (AvgIpc) is 3.39. The first-order chi connectivity index (χ1) is 16.9. The number of rotatable bonds is 5. The fourth-order valence-corrected chi connectivity index (χ4v) is 4.92. The first-order valence-electron chi connectivity index (χ1n) is 11.6. The highest BCUT2D eigenvalue weighted by atomic mass is 16.5. The van der Waals surface area contributed by atoms with Gasteiger partial charge in [0.2, 0.25) is 0 Å². The monoisotopic (exact) mass is 469 g/mol. The highest BCUT2D eigenvalue weighted by molar-refractivity contribution is 6.09. The molecular weight excluding hydrogens is 442 g/mol. The molecule has 1 aliphatic carbocycles. The molecule has 7 heteroatoms. The minimum absolute atomic E-state index is 0.00669. The standard InChI is InChI=1S/C28H27N3O4/c1-16-6-11-24(29-15-16)31-28(33)25-17(2)30-21-13-19(23-5-4-12-35-23)14-22(32)27(21)26(25)18-7-9-20(34-3)10-8-18/h4-12,15,19,26,30H,13-14H2,1-3H3,(H,29,31,33)/t19-,26-/m0/s1. The summed E-state index contributed by atoms with van der Waals surface area (Å²) in [5.74, 6) is 1.13. The molecule has 0 bridgehead atoms. The van der Waals surface area contributed by atoms with Gasteiger partial charge in [0.25, 0.3) is 5.91 Å². The number of Topliss-reactive ketones (excluding diaryl/α,β-unsaturated/α-hetero) is 1. The van der Waals surface area contributed by atoms with E-state index >= 15 is 0 Å². The number of hydrogen-bond donors (Lipinski definition) is 2. The second-order valence-corrected chi connectivity index (χ2v) is 8.98. The Morgan fingerprint density at radius 1 is 1.11 bits per heavy atom. The molecule has 0 radical (unpaired) electrons. The maximum atomic E-state index is 13.6. The summed E-state index contributed by atoms with van der Waals surface area (Å²) in [5.41, 5.74) is 4.54. The summed E-state index contributed by atoms with van der Waals surface area (Å²) in [6, 6.07) is 14.9. The van der Waals surface area contributed by atoms with Gasteiger partial charge in [-0.25, -0.2) is 4.98 Å². The van der Waals surface area contributed by atoms with Crippen molar-refractivity contribution < 1.29 is 18.7 Å². The lowest BCUT2D eigenvalue weighted by Crippen LogP contribution is -2.37. The molecule has 2 aromatic heterocycles. The third-order valence-electron chi connectivity index (χ3n) is 6.62. The van der Waals surface area contributed by atoms with E-state index in [1.165, 1.54) is 0 Å². The van der Waals surface area contributed by atoms with E-state index in [4.69, 9.17) is 9.15 Å². The predicted molar refractivity (Wildman–Crippen MR) is 132 cm³/mol. The van der Waals surface area contributed by atoms with Crippen LogP contribution in [0.5, 0.6) is 5.75 Å². The number of carbonyl (C=O) groups is 2. The first-order valence-corrected chi connectivity index (χ1v) is 11.6. The molecule has 0 fully saturated rings. The summed E-state index contributed by atoms with van der Waals surface area (Å²) < 4.78 is 10.9. The van der Waals surface area contributed by atoms with Crippen molar-refractivity contribution >= 4 is 17.5 Å². The van der Waals surface area contributed by atoms with Crippen LogP contribution in [-0.4, -0.2) is 23.8 Å². The summed E-state index contributed by atoms with van der Waals surface area (Å²) in [6.45, 7) is 3.81. The largest absolute Gasteiger partial charge is 0.497 e. The number of nitrogens with one attached hydrogen (secondary N) is 2. The van der Waals surface area contributed by atoms with Crippen molar-refractivity contribution in [3.63, 3.8) is 0 Å². The Kier molecular flexibility index (Phi) is 5.99. The first kappa shape index (κ1) is 22.7. The lowest BCUT2D eigenvalue weighted by atomic mass is 9.72. The minimum atomic E-state index is -0.507. The van der Waals surface area contributed by atoms with Crippen molar-refractivity contribution in [1.29, 1.82) is 0 Å². The van der Waals surface area contributed by atoms with Crippen molar-refractivity contribution in [1.82, 2.24) is 10.3 Å². The van der Waals surface area contributed by atoms with E-state index in [1.54, 1.807) is 25.6 Å². The fourth-order valence-electron chi connectivity index (χ4n) is 4.92. The van der Waals surface area contributed by atoms with Crippen molar-refractivity contribution in [3.8, 4) is 5.75 Å². The average molecular weight is 470 g/mol. The number of dihydropyridines is 1. The molecule has 2 aliphatic rings. The van der Waals surface area contributed by atoms with Crippen molar-refractivity contribution in [2.24, 2.45) is 0 Å². The molecule has 35 heavy (non-hydrogen) atoms. The Balaban J connectivity index is 1.55. The Bertz CT molecular complexity index is 1320. The third-order valence-corrected chi connectivity index (χ3v) is 6.62. The van der Waals surface area contributed by atoms with E-state index in [0.717, 1.165) is 22.6 Å². The maximum absolute atomic E-state index is 13.6. The van der Waals surface area contributed by atoms with E-state index < -0.39 is 5.92 Å². The van der Waals surface area contributed by atoms with E-state index in [9.17, 15) is 9.59 Å². The van der Waals surface area contributed by atoms with Crippen molar-refractivity contribution in [2.45, 2.75) is 38.5 Å². The zero-order chi connectivity index (χ0) is 24.5. The molecule has 5 rings (SSSR count). The van der Waals surface area contributed by atoms with Crippen LogP contribution in [0.2, 0.25) is 0 Å². The minimum Gasteiger partial charge on any atom is -0.497 e. The van der Waals surface area contributed by atoms with Gasteiger partial charge >= 0.3 is 0 Å². The van der Waals surface area contributed by atoms with Gasteiger partial charge in [0, 0.05) is 47.0 Å². The van der Waals surface area contributed by atoms with Crippen LogP contribution in [0.3, 0.4) is 0 Å². The number of pyridine rings is 1. The number of ketones is 1. The number of ether oxygens (including phenoxy) is 1. The molecule has 1 amide bonds. The number of furan rings is 1. The topological polar surface area (TPSA) is 93.5 Å². The van der Waals surface area contributed by atoms with E-state index in [-0.39, 0.29) is 17.6 Å². The smallest absolute Gasteiger partial charge is 0.255 e. The van der Waals surface area contributed by atoms with Crippen molar-refractivity contribution in [2.75, 3.05) is 12.4 Å². The van der Waals surface area contributed by atoms with Crippen LogP contribution in [0.1, 0.15) is 48.5 Å². The molecule has 2 atom stereocenters. The molecule has 0 spiro atoms. The van der Waals surface area contributed by atoms with Gasteiger partial charge in [0.05, 0.1) is 13.4 Å². The van der Waals surface area contributed by atoms with Gasteiger partial charge in [-0.3, -0.25) is 9.59 Å². The Morgan fingerprint density at radius 2 is 1.91 bits per heavy atom. The second-order valence-electron chi connectivity index (χ2n) is 8.98. The molecule has 3 aromatic rings. The van der Waals surface area contributed by atoms with Crippen LogP contribution in [0.15, 0.2) is 87.9 Å². The number of amides is 1. The molecule has 178 valence electrons. The Morgan fingerprint density at radius 3 is 2.57 bits per heavy atom. The number of aryl methyl sites for hydroxylation is 1. The van der Waals surface area contributed by atoms with Gasteiger partial charge in [-0.1, -0.05) is 18.2 Å². The van der Waals surface area contributed by atoms with Gasteiger partial charge in [-0.2, -0.15) is 0 Å². The number of nitrogens with zero attached hydrogens (tertiary/aromatic N) is 1. The number of carbonyl (C=O) groups excluding carboxylic acids is 2. The van der Waals surface area contributed by atoms with Gasteiger partial charge in [-0.05, 0) is 61.7 Å². The number of methoxy groups -OCH3 is 1. The summed E-state index contributed by atoms with van der Waals surface area (Å²) in [5, 5.41) is 6.29. The number of benzene rings is 1. The Hall–Kier alpha value is -4.13. The second kappa shape index (κ2) is 9.25. The number of aromatic nitrogens is 1. The molecule has 1 aromatic carbocycles. The molecule has 1 aliphatic heterocycles. The number of hydrogen-bond acceptors (Lipinski definition) is 6. The summed E-state index contributed by atoms with van der Waals surface area (Å²) in [4.78, 5) is 31.5. The fraction of sp³-hybridized carbons (Fsp3) is 0.250. The van der Waals surface area contributed by atoms with Crippen LogP contribution in [-0.2, 0) is 9.59 Å². The van der Waals surface area contributed by atoms with E-state index in [0.29, 0.717) is 41.3 Å².